The van der Waals surface area contributed by atoms with Gasteiger partial charge in [0, 0.05) is 18.3 Å². The summed E-state index contributed by atoms with van der Waals surface area (Å²) < 4.78 is 5.99. The molecule has 4 heteroatoms. The lowest BCUT2D eigenvalue weighted by atomic mass is 9.55. The number of aryl methyl sites for hydroxylation is 1. The minimum atomic E-state index is -0.525. The van der Waals surface area contributed by atoms with Gasteiger partial charge in [0.15, 0.2) is 0 Å². The zero-order chi connectivity index (χ0) is 16.6. The van der Waals surface area contributed by atoms with E-state index in [-0.39, 0.29) is 29.5 Å². The topological polar surface area (TPSA) is 63.6 Å². The lowest BCUT2D eigenvalue weighted by molar-refractivity contribution is -0.158. The Morgan fingerprint density at radius 1 is 1.29 bits per heavy atom. The van der Waals surface area contributed by atoms with E-state index in [0.717, 1.165) is 25.7 Å². The molecular weight excluding hydrogens is 304 g/mol. The van der Waals surface area contributed by atoms with Crippen molar-refractivity contribution in [3.8, 4) is 5.75 Å². The molecule has 4 aliphatic rings. The Hall–Kier alpha value is -1.84. The largest absolute Gasteiger partial charge is 0.508 e. The minimum absolute atomic E-state index is 0.110. The van der Waals surface area contributed by atoms with Crippen molar-refractivity contribution in [1.29, 1.82) is 0 Å². The molecule has 3 aliphatic carbocycles. The highest BCUT2D eigenvalue weighted by atomic mass is 16.6. The first-order valence-electron chi connectivity index (χ1n) is 9.06. The average molecular weight is 326 g/mol. The van der Waals surface area contributed by atoms with Crippen molar-refractivity contribution >= 4 is 11.8 Å². The highest BCUT2D eigenvalue weighted by Crippen LogP contribution is 2.65. The molecule has 0 unspecified atom stereocenters. The van der Waals surface area contributed by atoms with Crippen LogP contribution in [0, 0.1) is 23.7 Å². The Bertz CT molecular complexity index is 754. The lowest BCUT2D eigenvalue weighted by Gasteiger charge is -2.47. The summed E-state index contributed by atoms with van der Waals surface area (Å²) in [6.45, 7) is 1.65. The Kier molecular flexibility index (Phi) is 2.79. The number of ether oxygens (including phenoxy) is 1. The van der Waals surface area contributed by atoms with Crippen LogP contribution in [-0.4, -0.2) is 22.5 Å². The predicted octanol–water partition coefficient (Wildman–Crippen LogP) is 2.97. The van der Waals surface area contributed by atoms with Gasteiger partial charge < -0.3 is 9.84 Å². The van der Waals surface area contributed by atoms with E-state index in [1.165, 1.54) is 11.1 Å². The fraction of sp³-hybridized carbons (Fsp3) is 0.600. The summed E-state index contributed by atoms with van der Waals surface area (Å²) in [5, 5.41) is 9.78. The smallest absolute Gasteiger partial charge is 0.310 e. The Labute approximate surface area is 141 Å². The van der Waals surface area contributed by atoms with Crippen LogP contribution in [0.4, 0.5) is 0 Å². The van der Waals surface area contributed by atoms with Gasteiger partial charge in [0.05, 0.1) is 11.8 Å². The maximum absolute atomic E-state index is 12.7. The van der Waals surface area contributed by atoms with Gasteiger partial charge in [0.2, 0.25) is 0 Å². The van der Waals surface area contributed by atoms with E-state index in [4.69, 9.17) is 4.74 Å². The van der Waals surface area contributed by atoms with Gasteiger partial charge >= 0.3 is 5.97 Å². The Balaban J connectivity index is 1.63. The van der Waals surface area contributed by atoms with Crippen molar-refractivity contribution in [3.05, 3.63) is 29.3 Å². The molecule has 1 aliphatic heterocycles. The summed E-state index contributed by atoms with van der Waals surface area (Å²) in [5.74, 6) is 1.02. The molecule has 24 heavy (non-hydrogen) atoms. The van der Waals surface area contributed by atoms with Gasteiger partial charge in [-0.1, -0.05) is 6.07 Å². The molecule has 1 heterocycles. The van der Waals surface area contributed by atoms with Crippen molar-refractivity contribution in [2.75, 3.05) is 0 Å². The van der Waals surface area contributed by atoms with Gasteiger partial charge in [-0.2, -0.15) is 0 Å². The summed E-state index contributed by atoms with van der Waals surface area (Å²) in [6, 6.07) is 5.58. The van der Waals surface area contributed by atoms with Crippen LogP contribution < -0.4 is 0 Å². The van der Waals surface area contributed by atoms with E-state index in [9.17, 15) is 14.7 Å². The van der Waals surface area contributed by atoms with Gasteiger partial charge in [-0.25, -0.2) is 0 Å². The van der Waals surface area contributed by atoms with Crippen LogP contribution in [0.3, 0.4) is 0 Å². The number of hydrogen-bond acceptors (Lipinski definition) is 4. The van der Waals surface area contributed by atoms with Gasteiger partial charge in [-0.3, -0.25) is 9.59 Å². The number of phenolic OH excluding ortho intramolecular Hbond substituents is 1. The van der Waals surface area contributed by atoms with Crippen molar-refractivity contribution in [3.63, 3.8) is 0 Å². The fourth-order valence-electron chi connectivity index (χ4n) is 6.50. The summed E-state index contributed by atoms with van der Waals surface area (Å²) in [4.78, 5) is 24.9. The van der Waals surface area contributed by atoms with Gasteiger partial charge in [-0.15, -0.1) is 0 Å². The molecule has 3 fully saturated rings. The molecule has 2 saturated carbocycles. The molecular formula is C20H22O4. The zero-order valence-electron chi connectivity index (χ0n) is 13.8. The second-order valence-corrected chi connectivity index (χ2v) is 8.15. The predicted molar refractivity (Wildman–Crippen MR) is 86.5 cm³/mol. The monoisotopic (exact) mass is 326 g/mol. The summed E-state index contributed by atoms with van der Waals surface area (Å²) >= 11 is 0. The third-order valence-electron chi connectivity index (χ3n) is 7.25. The number of carbonyl (C=O) groups is 2. The third kappa shape index (κ3) is 1.64. The number of Topliss-reactive ketones (excluding diaryl/α,β-unsaturated/α-hetero) is 1. The van der Waals surface area contributed by atoms with Gasteiger partial charge in [-0.05, 0) is 61.8 Å². The Morgan fingerprint density at radius 3 is 2.92 bits per heavy atom. The zero-order valence-corrected chi connectivity index (χ0v) is 13.8. The number of carbonyl (C=O) groups excluding carboxylic acids is 2. The molecule has 5 rings (SSSR count). The van der Waals surface area contributed by atoms with Crippen LogP contribution >= 0.6 is 0 Å². The standard InChI is InChI=1S/C20H22O4/c1-10(21)16-6-7-17-14-4-2-11-8-12(22)3-5-13(11)18(14)15-9-20(16,17)24-19(15)23/h3,5,8,14-18,22H,2,4,6-7,9H2,1H3/t14-,15-,16-,17-,18+,20-/m0/s1. The molecule has 1 N–H and O–H groups in total. The first-order valence-corrected chi connectivity index (χ1v) is 9.06. The Morgan fingerprint density at radius 2 is 2.12 bits per heavy atom. The van der Waals surface area contributed by atoms with E-state index < -0.39 is 5.60 Å². The highest BCUT2D eigenvalue weighted by molar-refractivity contribution is 5.84. The van der Waals surface area contributed by atoms with Crippen LogP contribution in [0.25, 0.3) is 0 Å². The molecule has 4 nitrogen and oxygen atoms in total. The summed E-state index contributed by atoms with van der Waals surface area (Å²) in [6.07, 6.45) is 4.49. The van der Waals surface area contributed by atoms with Crippen LogP contribution in [0.1, 0.15) is 49.7 Å². The number of aromatic hydroxyl groups is 1. The number of fused-ring (bicyclic) bond motifs is 6. The van der Waals surface area contributed by atoms with Crippen molar-refractivity contribution in [1.82, 2.24) is 0 Å². The molecule has 1 aromatic rings. The second kappa shape index (κ2) is 4.62. The van der Waals surface area contributed by atoms with Crippen LogP contribution in [-0.2, 0) is 20.7 Å². The van der Waals surface area contributed by atoms with Gasteiger partial charge in [0.1, 0.15) is 17.1 Å². The number of ketones is 1. The fourth-order valence-corrected chi connectivity index (χ4v) is 6.50. The number of esters is 1. The van der Waals surface area contributed by atoms with Crippen molar-refractivity contribution < 1.29 is 19.4 Å². The van der Waals surface area contributed by atoms with E-state index in [0.29, 0.717) is 24.0 Å². The molecule has 1 aromatic carbocycles. The summed E-state index contributed by atoms with van der Waals surface area (Å²) in [5.41, 5.74) is 1.86. The molecule has 126 valence electrons. The number of phenols is 1. The maximum Gasteiger partial charge on any atom is 0.310 e. The molecule has 0 amide bonds. The van der Waals surface area contributed by atoms with E-state index in [1.54, 1.807) is 13.0 Å². The normalized spacial score (nSPS) is 42.0. The molecule has 6 atom stereocenters. The molecule has 0 radical (unpaired) electrons. The van der Waals surface area contributed by atoms with Crippen LogP contribution in [0.2, 0.25) is 0 Å². The van der Waals surface area contributed by atoms with Crippen molar-refractivity contribution in [2.24, 2.45) is 23.7 Å². The first kappa shape index (κ1) is 14.5. The van der Waals surface area contributed by atoms with E-state index in [2.05, 4.69) is 0 Å². The van der Waals surface area contributed by atoms with Gasteiger partial charge in [0.25, 0.3) is 0 Å². The van der Waals surface area contributed by atoms with Crippen LogP contribution in [0.5, 0.6) is 5.75 Å². The minimum Gasteiger partial charge on any atom is -0.508 e. The molecule has 0 aromatic heterocycles. The third-order valence-corrected chi connectivity index (χ3v) is 7.25. The van der Waals surface area contributed by atoms with Crippen LogP contribution in [0.15, 0.2) is 18.2 Å². The molecule has 2 bridgehead atoms. The summed E-state index contributed by atoms with van der Waals surface area (Å²) in [7, 11) is 0. The second-order valence-electron chi connectivity index (χ2n) is 8.15. The van der Waals surface area contributed by atoms with E-state index >= 15 is 0 Å². The first-order chi connectivity index (χ1) is 11.5. The van der Waals surface area contributed by atoms with E-state index in [1.807, 2.05) is 12.1 Å². The number of benzene rings is 1. The maximum atomic E-state index is 12.7. The average Bonchev–Trinajstić information content (AvgIpc) is 3.05. The highest BCUT2D eigenvalue weighted by Gasteiger charge is 2.68. The number of hydrogen-bond donors (Lipinski definition) is 1. The quantitative estimate of drug-likeness (QED) is 0.806. The molecule has 1 spiro atoms. The molecule has 1 saturated heterocycles. The number of rotatable bonds is 1. The SMILES string of the molecule is CC(=O)[C@@H]1CC[C@H]2[C@@H]3CCc4cc(O)ccc4[C@H]3[C@@H]3C[C@]12OC3=O. The lowest BCUT2D eigenvalue weighted by Crippen LogP contribution is -2.50. The van der Waals surface area contributed by atoms with Crippen molar-refractivity contribution in [2.45, 2.75) is 50.5 Å².